The number of thiophene rings is 1. The molecule has 0 amide bonds. The van der Waals surface area contributed by atoms with Gasteiger partial charge in [0, 0.05) is 9.90 Å². The van der Waals surface area contributed by atoms with Crippen LogP contribution in [0.3, 0.4) is 0 Å². The predicted octanol–water partition coefficient (Wildman–Crippen LogP) is 3.76. The Balaban J connectivity index is 2.32. The Bertz CT molecular complexity index is 447. The minimum atomic E-state index is -0.0477. The normalized spacial score (nSPS) is 12.7. The summed E-state index contributed by atoms with van der Waals surface area (Å²) < 4.78 is 0. The summed E-state index contributed by atoms with van der Waals surface area (Å²) in [5.74, 6) is 0. The second-order valence-corrected chi connectivity index (χ2v) is 5.02. The third-order valence-electron chi connectivity index (χ3n) is 2.46. The van der Waals surface area contributed by atoms with Gasteiger partial charge in [0.15, 0.2) is 0 Å². The van der Waals surface area contributed by atoms with Crippen molar-refractivity contribution < 1.29 is 0 Å². The third-order valence-corrected chi connectivity index (χ3v) is 3.58. The van der Waals surface area contributed by atoms with Crippen LogP contribution in [0.5, 0.6) is 0 Å². The van der Waals surface area contributed by atoms with E-state index in [1.807, 2.05) is 24.3 Å². The number of halogens is 1. The minimum absolute atomic E-state index is 0.0477. The number of nitrogens with two attached hydrogens (primary N) is 1. The van der Waals surface area contributed by atoms with Gasteiger partial charge in [0.05, 0.1) is 6.04 Å². The fourth-order valence-electron chi connectivity index (χ4n) is 1.57. The Labute approximate surface area is 98.5 Å². The summed E-state index contributed by atoms with van der Waals surface area (Å²) in [6, 6.07) is 9.73. The number of hydrogen-bond donors (Lipinski definition) is 1. The summed E-state index contributed by atoms with van der Waals surface area (Å²) >= 11 is 7.56. The maximum atomic E-state index is 6.18. The van der Waals surface area contributed by atoms with Crippen LogP contribution in [-0.4, -0.2) is 0 Å². The lowest BCUT2D eigenvalue weighted by atomic mass is 10.0. The highest BCUT2D eigenvalue weighted by Gasteiger charge is 2.11. The van der Waals surface area contributed by atoms with Crippen LogP contribution in [0.1, 0.15) is 22.0 Å². The number of benzene rings is 1. The van der Waals surface area contributed by atoms with Crippen LogP contribution >= 0.6 is 22.9 Å². The lowest BCUT2D eigenvalue weighted by Gasteiger charge is -2.11. The van der Waals surface area contributed by atoms with E-state index in [4.69, 9.17) is 17.3 Å². The fourth-order valence-corrected chi connectivity index (χ4v) is 2.44. The third kappa shape index (κ3) is 2.23. The molecule has 2 rings (SSSR count). The van der Waals surface area contributed by atoms with Crippen molar-refractivity contribution in [3.8, 4) is 0 Å². The van der Waals surface area contributed by atoms with Crippen molar-refractivity contribution in [3.63, 3.8) is 0 Å². The first-order chi connectivity index (χ1) is 7.18. The summed E-state index contributed by atoms with van der Waals surface area (Å²) in [5, 5.41) is 2.81. The van der Waals surface area contributed by atoms with Gasteiger partial charge in [-0.3, -0.25) is 0 Å². The van der Waals surface area contributed by atoms with Gasteiger partial charge in [-0.15, -0.1) is 11.3 Å². The standard InChI is InChI=1S/C12H12ClNS/c1-8-11(6-7-15-8)12(14)9-2-4-10(13)5-3-9/h2-7,12H,14H2,1H3. The van der Waals surface area contributed by atoms with Crippen molar-refractivity contribution >= 4 is 22.9 Å². The van der Waals surface area contributed by atoms with E-state index in [0.717, 1.165) is 10.6 Å². The molecule has 1 unspecified atom stereocenters. The van der Waals surface area contributed by atoms with Gasteiger partial charge >= 0.3 is 0 Å². The molecule has 2 N–H and O–H groups in total. The van der Waals surface area contributed by atoms with Gasteiger partial charge in [0.25, 0.3) is 0 Å². The molecule has 0 aliphatic carbocycles. The molecule has 15 heavy (non-hydrogen) atoms. The molecule has 3 heteroatoms. The topological polar surface area (TPSA) is 26.0 Å². The lowest BCUT2D eigenvalue weighted by Crippen LogP contribution is -2.11. The summed E-state index contributed by atoms with van der Waals surface area (Å²) in [4.78, 5) is 1.28. The summed E-state index contributed by atoms with van der Waals surface area (Å²) in [6.45, 7) is 2.09. The van der Waals surface area contributed by atoms with Crippen molar-refractivity contribution in [1.29, 1.82) is 0 Å². The van der Waals surface area contributed by atoms with Crippen molar-refractivity contribution in [2.24, 2.45) is 5.73 Å². The second-order valence-electron chi connectivity index (χ2n) is 3.46. The van der Waals surface area contributed by atoms with Gasteiger partial charge in [0.1, 0.15) is 0 Å². The summed E-state index contributed by atoms with van der Waals surface area (Å²) in [7, 11) is 0. The van der Waals surface area contributed by atoms with E-state index in [0.29, 0.717) is 0 Å². The zero-order chi connectivity index (χ0) is 10.8. The highest BCUT2D eigenvalue weighted by molar-refractivity contribution is 7.10. The van der Waals surface area contributed by atoms with Crippen LogP contribution in [0.25, 0.3) is 0 Å². The van der Waals surface area contributed by atoms with Crippen molar-refractivity contribution in [1.82, 2.24) is 0 Å². The Morgan fingerprint density at radius 3 is 2.40 bits per heavy atom. The predicted molar refractivity (Wildman–Crippen MR) is 66.5 cm³/mol. The first kappa shape index (κ1) is 10.7. The van der Waals surface area contributed by atoms with Crippen LogP contribution in [0, 0.1) is 6.92 Å². The minimum Gasteiger partial charge on any atom is -0.320 e. The van der Waals surface area contributed by atoms with Gasteiger partial charge in [-0.05, 0) is 41.6 Å². The lowest BCUT2D eigenvalue weighted by molar-refractivity contribution is 0.869. The molecular formula is C12H12ClNS. The number of aryl methyl sites for hydroxylation is 1. The highest BCUT2D eigenvalue weighted by Crippen LogP contribution is 2.26. The molecule has 0 spiro atoms. The second kappa shape index (κ2) is 4.35. The molecule has 0 aliphatic heterocycles. The van der Waals surface area contributed by atoms with Crippen molar-refractivity contribution in [3.05, 3.63) is 56.7 Å². The molecule has 78 valence electrons. The van der Waals surface area contributed by atoms with E-state index >= 15 is 0 Å². The average Bonchev–Trinajstić information content (AvgIpc) is 2.65. The van der Waals surface area contributed by atoms with Crippen LogP contribution in [0.4, 0.5) is 0 Å². The Morgan fingerprint density at radius 1 is 1.20 bits per heavy atom. The molecular weight excluding hydrogens is 226 g/mol. The maximum Gasteiger partial charge on any atom is 0.0562 e. The van der Waals surface area contributed by atoms with Crippen molar-refractivity contribution in [2.75, 3.05) is 0 Å². The fraction of sp³-hybridized carbons (Fsp3) is 0.167. The van der Waals surface area contributed by atoms with E-state index in [2.05, 4.69) is 18.4 Å². The van der Waals surface area contributed by atoms with Crippen LogP contribution in [0.2, 0.25) is 5.02 Å². The van der Waals surface area contributed by atoms with Gasteiger partial charge in [-0.2, -0.15) is 0 Å². The molecule has 1 nitrogen and oxygen atoms in total. The molecule has 0 aliphatic rings. The van der Waals surface area contributed by atoms with E-state index in [1.165, 1.54) is 10.4 Å². The van der Waals surface area contributed by atoms with Crippen LogP contribution < -0.4 is 5.73 Å². The largest absolute Gasteiger partial charge is 0.320 e. The zero-order valence-electron chi connectivity index (χ0n) is 8.41. The molecule has 0 fully saturated rings. The molecule has 1 heterocycles. The molecule has 0 saturated carbocycles. The molecule has 0 saturated heterocycles. The monoisotopic (exact) mass is 237 g/mol. The quantitative estimate of drug-likeness (QED) is 0.846. The Hall–Kier alpha value is -0.830. The Morgan fingerprint density at radius 2 is 1.87 bits per heavy atom. The van der Waals surface area contributed by atoms with E-state index in [1.54, 1.807) is 11.3 Å². The maximum absolute atomic E-state index is 6.18. The summed E-state index contributed by atoms with van der Waals surface area (Å²) in [6.07, 6.45) is 0. The Kier molecular flexibility index (Phi) is 3.10. The van der Waals surface area contributed by atoms with Crippen LogP contribution in [-0.2, 0) is 0 Å². The SMILES string of the molecule is Cc1sccc1C(N)c1ccc(Cl)cc1. The molecule has 0 radical (unpaired) electrons. The van der Waals surface area contributed by atoms with Crippen molar-refractivity contribution in [2.45, 2.75) is 13.0 Å². The van der Waals surface area contributed by atoms with Gasteiger partial charge in [0.2, 0.25) is 0 Å². The molecule has 2 aromatic rings. The summed E-state index contributed by atoms with van der Waals surface area (Å²) in [5.41, 5.74) is 8.47. The highest BCUT2D eigenvalue weighted by atomic mass is 35.5. The van der Waals surface area contributed by atoms with E-state index < -0.39 is 0 Å². The number of rotatable bonds is 2. The number of hydrogen-bond acceptors (Lipinski definition) is 2. The van der Waals surface area contributed by atoms with Crippen LogP contribution in [0.15, 0.2) is 35.7 Å². The van der Waals surface area contributed by atoms with E-state index in [-0.39, 0.29) is 6.04 Å². The average molecular weight is 238 g/mol. The van der Waals surface area contributed by atoms with Gasteiger partial charge in [-0.25, -0.2) is 0 Å². The zero-order valence-corrected chi connectivity index (χ0v) is 9.98. The van der Waals surface area contributed by atoms with E-state index in [9.17, 15) is 0 Å². The first-order valence-corrected chi connectivity index (χ1v) is 5.99. The molecule has 1 aromatic carbocycles. The molecule has 1 aromatic heterocycles. The smallest absolute Gasteiger partial charge is 0.0562 e. The molecule has 1 atom stereocenters. The molecule has 0 bridgehead atoms. The van der Waals surface area contributed by atoms with Gasteiger partial charge in [-0.1, -0.05) is 23.7 Å². The first-order valence-electron chi connectivity index (χ1n) is 4.73. The van der Waals surface area contributed by atoms with Gasteiger partial charge < -0.3 is 5.73 Å².